The van der Waals surface area contributed by atoms with Crippen molar-refractivity contribution in [2.75, 3.05) is 19.8 Å². The molecular weight excluding hydrogens is 294 g/mol. The molecule has 1 atom stereocenters. The number of hydrogen-bond donors (Lipinski definition) is 2. The first-order valence-corrected chi connectivity index (χ1v) is 8.25. The van der Waals surface area contributed by atoms with Gasteiger partial charge < -0.3 is 10.1 Å². The molecular formula is C17H23N3O3. The SMILES string of the molecule is O=C(NN1CCCC1C(=O)NC1CCOCC1)c1ccccc1. The Balaban J connectivity index is 1.56. The van der Waals surface area contributed by atoms with Gasteiger partial charge in [0, 0.05) is 31.4 Å². The first-order chi connectivity index (χ1) is 11.2. The van der Waals surface area contributed by atoms with Gasteiger partial charge in [-0.2, -0.15) is 0 Å². The maximum atomic E-state index is 12.5. The predicted molar refractivity (Wildman–Crippen MR) is 85.6 cm³/mol. The van der Waals surface area contributed by atoms with Crippen molar-refractivity contribution >= 4 is 11.8 Å². The van der Waals surface area contributed by atoms with E-state index in [1.165, 1.54) is 0 Å². The van der Waals surface area contributed by atoms with E-state index in [0.29, 0.717) is 25.3 Å². The minimum absolute atomic E-state index is 0.00256. The van der Waals surface area contributed by atoms with Crippen LogP contribution in [0, 0.1) is 0 Å². The van der Waals surface area contributed by atoms with Gasteiger partial charge in [0.1, 0.15) is 6.04 Å². The highest BCUT2D eigenvalue weighted by Gasteiger charge is 2.33. The lowest BCUT2D eigenvalue weighted by molar-refractivity contribution is -0.127. The van der Waals surface area contributed by atoms with Crippen molar-refractivity contribution in [2.24, 2.45) is 0 Å². The van der Waals surface area contributed by atoms with Gasteiger partial charge in [-0.25, -0.2) is 5.01 Å². The van der Waals surface area contributed by atoms with E-state index in [2.05, 4.69) is 10.7 Å². The lowest BCUT2D eigenvalue weighted by Crippen LogP contribution is -2.53. The maximum Gasteiger partial charge on any atom is 0.265 e. The first kappa shape index (κ1) is 16.0. The number of benzene rings is 1. The number of ether oxygens (including phenoxy) is 1. The van der Waals surface area contributed by atoms with Gasteiger partial charge in [-0.3, -0.25) is 15.0 Å². The van der Waals surface area contributed by atoms with Crippen molar-refractivity contribution in [1.82, 2.24) is 15.8 Å². The molecule has 0 aromatic heterocycles. The van der Waals surface area contributed by atoms with Gasteiger partial charge >= 0.3 is 0 Å². The summed E-state index contributed by atoms with van der Waals surface area (Å²) in [5.74, 6) is -0.167. The van der Waals surface area contributed by atoms with Gasteiger partial charge in [0.2, 0.25) is 5.91 Å². The average molecular weight is 317 g/mol. The second-order valence-electron chi connectivity index (χ2n) is 6.05. The largest absolute Gasteiger partial charge is 0.381 e. The third kappa shape index (κ3) is 4.09. The summed E-state index contributed by atoms with van der Waals surface area (Å²) < 4.78 is 5.31. The Morgan fingerprint density at radius 2 is 1.83 bits per heavy atom. The minimum atomic E-state index is -0.287. The van der Waals surface area contributed by atoms with Crippen molar-refractivity contribution < 1.29 is 14.3 Å². The number of hydrogen-bond acceptors (Lipinski definition) is 4. The van der Waals surface area contributed by atoms with Crippen molar-refractivity contribution in [3.8, 4) is 0 Å². The highest BCUT2D eigenvalue weighted by Crippen LogP contribution is 2.17. The Bertz CT molecular complexity index is 543. The van der Waals surface area contributed by atoms with E-state index in [0.717, 1.165) is 25.7 Å². The fraction of sp³-hybridized carbons (Fsp3) is 0.529. The Morgan fingerprint density at radius 1 is 1.09 bits per heavy atom. The summed E-state index contributed by atoms with van der Waals surface area (Å²) in [5.41, 5.74) is 3.47. The van der Waals surface area contributed by atoms with E-state index in [1.54, 1.807) is 17.1 Å². The smallest absolute Gasteiger partial charge is 0.265 e. The number of nitrogens with zero attached hydrogens (tertiary/aromatic N) is 1. The minimum Gasteiger partial charge on any atom is -0.381 e. The second kappa shape index (κ2) is 7.57. The first-order valence-electron chi connectivity index (χ1n) is 8.25. The zero-order chi connectivity index (χ0) is 16.1. The second-order valence-corrected chi connectivity index (χ2v) is 6.05. The van der Waals surface area contributed by atoms with Gasteiger partial charge in [-0.1, -0.05) is 18.2 Å². The fourth-order valence-corrected chi connectivity index (χ4v) is 3.10. The Labute approximate surface area is 136 Å². The molecule has 124 valence electrons. The summed E-state index contributed by atoms with van der Waals surface area (Å²) in [6.45, 7) is 2.10. The summed E-state index contributed by atoms with van der Waals surface area (Å²) in [6, 6.07) is 8.96. The summed E-state index contributed by atoms with van der Waals surface area (Å²) >= 11 is 0. The molecule has 2 heterocycles. The molecule has 1 aromatic rings. The third-order valence-corrected chi connectivity index (χ3v) is 4.40. The molecule has 0 bridgehead atoms. The molecule has 6 nitrogen and oxygen atoms in total. The van der Waals surface area contributed by atoms with Crippen LogP contribution in [0.1, 0.15) is 36.0 Å². The molecule has 2 aliphatic rings. The molecule has 2 N–H and O–H groups in total. The summed E-state index contributed by atoms with van der Waals surface area (Å²) in [4.78, 5) is 24.8. The number of carbonyl (C=O) groups excluding carboxylic acids is 2. The van der Waals surface area contributed by atoms with Crippen LogP contribution < -0.4 is 10.7 Å². The average Bonchev–Trinajstić information content (AvgIpc) is 3.05. The Hall–Kier alpha value is -1.92. The molecule has 2 amide bonds. The lowest BCUT2D eigenvalue weighted by atomic mass is 10.1. The van der Waals surface area contributed by atoms with Crippen molar-refractivity contribution in [3.63, 3.8) is 0 Å². The van der Waals surface area contributed by atoms with E-state index in [9.17, 15) is 9.59 Å². The zero-order valence-corrected chi connectivity index (χ0v) is 13.2. The highest BCUT2D eigenvalue weighted by atomic mass is 16.5. The molecule has 2 aliphatic heterocycles. The van der Waals surface area contributed by atoms with Gasteiger partial charge in [0.25, 0.3) is 5.91 Å². The molecule has 2 saturated heterocycles. The van der Waals surface area contributed by atoms with E-state index in [4.69, 9.17) is 4.74 Å². The molecule has 0 spiro atoms. The highest BCUT2D eigenvalue weighted by molar-refractivity contribution is 5.94. The van der Waals surface area contributed by atoms with Crippen molar-refractivity contribution in [3.05, 3.63) is 35.9 Å². The van der Waals surface area contributed by atoms with Gasteiger partial charge in [0.05, 0.1) is 0 Å². The van der Waals surface area contributed by atoms with E-state index < -0.39 is 0 Å². The van der Waals surface area contributed by atoms with Gasteiger partial charge in [-0.15, -0.1) is 0 Å². The lowest BCUT2D eigenvalue weighted by Gasteiger charge is -2.28. The quantitative estimate of drug-likeness (QED) is 0.872. The summed E-state index contributed by atoms with van der Waals surface area (Å²) in [7, 11) is 0. The normalized spacial score (nSPS) is 22.7. The van der Waals surface area contributed by atoms with Crippen LogP contribution in [0.15, 0.2) is 30.3 Å². The predicted octanol–water partition coefficient (Wildman–Crippen LogP) is 1.09. The van der Waals surface area contributed by atoms with Crippen LogP contribution in [0.5, 0.6) is 0 Å². The number of hydrazine groups is 1. The molecule has 6 heteroatoms. The van der Waals surface area contributed by atoms with E-state index >= 15 is 0 Å². The zero-order valence-electron chi connectivity index (χ0n) is 13.2. The van der Waals surface area contributed by atoms with E-state index in [-0.39, 0.29) is 23.9 Å². The van der Waals surface area contributed by atoms with Crippen LogP contribution in [0.25, 0.3) is 0 Å². The number of rotatable bonds is 4. The molecule has 0 radical (unpaired) electrons. The fourth-order valence-electron chi connectivity index (χ4n) is 3.10. The Morgan fingerprint density at radius 3 is 2.57 bits per heavy atom. The molecule has 2 fully saturated rings. The monoisotopic (exact) mass is 317 g/mol. The third-order valence-electron chi connectivity index (χ3n) is 4.40. The molecule has 0 saturated carbocycles. The molecule has 23 heavy (non-hydrogen) atoms. The van der Waals surface area contributed by atoms with Crippen LogP contribution in [-0.4, -0.2) is 48.7 Å². The molecule has 1 aromatic carbocycles. The summed E-state index contributed by atoms with van der Waals surface area (Å²) in [6.07, 6.45) is 3.38. The van der Waals surface area contributed by atoms with E-state index in [1.807, 2.05) is 18.2 Å². The van der Waals surface area contributed by atoms with Gasteiger partial charge in [0.15, 0.2) is 0 Å². The van der Waals surface area contributed by atoms with Crippen molar-refractivity contribution in [1.29, 1.82) is 0 Å². The molecule has 0 aliphatic carbocycles. The molecule has 1 unspecified atom stereocenters. The number of nitrogens with one attached hydrogen (secondary N) is 2. The standard InChI is InChI=1S/C17H23N3O3/c21-16(13-5-2-1-3-6-13)19-20-10-4-7-15(20)17(22)18-14-8-11-23-12-9-14/h1-3,5-6,14-15H,4,7-12H2,(H,18,22)(H,19,21). The maximum absolute atomic E-state index is 12.5. The number of amides is 2. The molecule has 3 rings (SSSR count). The van der Waals surface area contributed by atoms with Crippen molar-refractivity contribution in [2.45, 2.75) is 37.8 Å². The Kier molecular flexibility index (Phi) is 5.25. The van der Waals surface area contributed by atoms with Crippen LogP contribution >= 0.6 is 0 Å². The summed E-state index contributed by atoms with van der Waals surface area (Å²) in [5, 5.41) is 4.86. The van der Waals surface area contributed by atoms with Crippen LogP contribution in [0.2, 0.25) is 0 Å². The van der Waals surface area contributed by atoms with Gasteiger partial charge in [-0.05, 0) is 37.8 Å². The van der Waals surface area contributed by atoms with Crippen LogP contribution in [0.4, 0.5) is 0 Å². The van der Waals surface area contributed by atoms with Crippen LogP contribution in [0.3, 0.4) is 0 Å². The topological polar surface area (TPSA) is 70.7 Å². The van der Waals surface area contributed by atoms with Crippen LogP contribution in [-0.2, 0) is 9.53 Å². The number of carbonyl (C=O) groups is 2.